The Morgan fingerprint density at radius 1 is 1.17 bits per heavy atom. The molecular formula is C19H27N3O7S. The molecule has 2 atom stereocenters. The molecule has 11 heteroatoms. The first-order chi connectivity index (χ1) is 14.0. The van der Waals surface area contributed by atoms with E-state index >= 15 is 0 Å². The molecule has 1 unspecified atom stereocenters. The molecule has 30 heavy (non-hydrogen) atoms. The highest BCUT2D eigenvalue weighted by Gasteiger charge is 2.30. The highest BCUT2D eigenvalue weighted by Crippen LogP contribution is 2.19. The predicted molar refractivity (Wildman–Crippen MR) is 107 cm³/mol. The van der Waals surface area contributed by atoms with Gasteiger partial charge in [0.2, 0.25) is 10.0 Å². The minimum absolute atomic E-state index is 0.0249. The Labute approximate surface area is 175 Å². The third-order valence-electron chi connectivity index (χ3n) is 4.60. The lowest BCUT2D eigenvalue weighted by Crippen LogP contribution is -2.47. The number of hydrogen-bond donors (Lipinski definition) is 2. The van der Waals surface area contributed by atoms with Gasteiger partial charge in [-0.15, -0.1) is 0 Å². The summed E-state index contributed by atoms with van der Waals surface area (Å²) in [5, 5.41) is 2.54. The SMILES string of the molecule is CC(OC(=O)[C@@H](NC(=O)c1cccc(S(=O)(=O)N2CCOCC2)c1)C(C)C)C(N)=O. The van der Waals surface area contributed by atoms with Crippen LogP contribution in [0.15, 0.2) is 29.2 Å². The number of sulfonamides is 1. The summed E-state index contributed by atoms with van der Waals surface area (Å²) in [6.07, 6.45) is -1.14. The third-order valence-corrected chi connectivity index (χ3v) is 6.50. The second-order valence-electron chi connectivity index (χ2n) is 7.22. The summed E-state index contributed by atoms with van der Waals surface area (Å²) >= 11 is 0. The zero-order chi connectivity index (χ0) is 22.5. The fraction of sp³-hybridized carbons (Fsp3) is 0.526. The van der Waals surface area contributed by atoms with Gasteiger partial charge in [-0.1, -0.05) is 19.9 Å². The molecule has 0 aliphatic carbocycles. The molecule has 1 fully saturated rings. The molecule has 1 aliphatic heterocycles. The summed E-state index contributed by atoms with van der Waals surface area (Å²) in [5.74, 6) is -2.60. The van der Waals surface area contributed by atoms with E-state index in [0.29, 0.717) is 13.2 Å². The Kier molecular flexibility index (Phi) is 7.93. The molecule has 1 saturated heterocycles. The summed E-state index contributed by atoms with van der Waals surface area (Å²) in [6.45, 7) is 5.80. The third kappa shape index (κ3) is 5.77. The Bertz CT molecular complexity index is 895. The number of ether oxygens (including phenoxy) is 2. The minimum atomic E-state index is -3.77. The fourth-order valence-electron chi connectivity index (χ4n) is 2.76. The lowest BCUT2D eigenvalue weighted by atomic mass is 10.0. The highest BCUT2D eigenvalue weighted by molar-refractivity contribution is 7.89. The van der Waals surface area contributed by atoms with Crippen molar-refractivity contribution >= 4 is 27.8 Å². The van der Waals surface area contributed by atoms with Crippen molar-refractivity contribution in [3.63, 3.8) is 0 Å². The van der Waals surface area contributed by atoms with Gasteiger partial charge in [-0.05, 0) is 31.0 Å². The van der Waals surface area contributed by atoms with Crippen molar-refractivity contribution in [2.75, 3.05) is 26.3 Å². The minimum Gasteiger partial charge on any atom is -0.451 e. The van der Waals surface area contributed by atoms with Crippen LogP contribution in [-0.4, -0.2) is 69.0 Å². The number of primary amides is 1. The van der Waals surface area contributed by atoms with Gasteiger partial charge in [-0.3, -0.25) is 9.59 Å². The lowest BCUT2D eigenvalue weighted by Gasteiger charge is -2.26. The zero-order valence-corrected chi connectivity index (χ0v) is 18.0. The molecular weight excluding hydrogens is 414 g/mol. The number of hydrogen-bond acceptors (Lipinski definition) is 7. The van der Waals surface area contributed by atoms with E-state index in [2.05, 4.69) is 5.32 Å². The van der Waals surface area contributed by atoms with Gasteiger partial charge >= 0.3 is 5.97 Å². The maximum atomic E-state index is 12.8. The number of rotatable bonds is 8. The topological polar surface area (TPSA) is 145 Å². The van der Waals surface area contributed by atoms with Gasteiger partial charge in [0.15, 0.2) is 6.10 Å². The number of carbonyl (C=O) groups is 3. The van der Waals surface area contributed by atoms with Crippen LogP contribution in [0.3, 0.4) is 0 Å². The van der Waals surface area contributed by atoms with Crippen molar-refractivity contribution in [2.45, 2.75) is 37.8 Å². The normalized spacial score (nSPS) is 17.2. The standard InChI is InChI=1S/C19H27N3O7S/c1-12(2)16(19(25)29-13(3)17(20)23)21-18(24)14-5-4-6-15(11-14)30(26,27)22-7-9-28-10-8-22/h4-6,11-13,16H,7-10H2,1-3H3,(H2,20,23)(H,21,24)/t13?,16-/m0/s1. The van der Waals surface area contributed by atoms with Crippen molar-refractivity contribution < 1.29 is 32.3 Å². The van der Waals surface area contributed by atoms with E-state index in [9.17, 15) is 22.8 Å². The summed E-state index contributed by atoms with van der Waals surface area (Å²) < 4.78 is 37.1. The van der Waals surface area contributed by atoms with Crippen molar-refractivity contribution in [3.05, 3.63) is 29.8 Å². The first-order valence-electron chi connectivity index (χ1n) is 9.52. The largest absolute Gasteiger partial charge is 0.451 e. The van der Waals surface area contributed by atoms with Gasteiger partial charge in [0.25, 0.3) is 11.8 Å². The van der Waals surface area contributed by atoms with E-state index in [-0.39, 0.29) is 29.5 Å². The predicted octanol–water partition coefficient (Wildman–Crippen LogP) is -0.121. The molecule has 10 nitrogen and oxygen atoms in total. The van der Waals surface area contributed by atoms with Crippen LogP contribution < -0.4 is 11.1 Å². The molecule has 1 heterocycles. The number of benzene rings is 1. The van der Waals surface area contributed by atoms with E-state index in [0.717, 1.165) is 0 Å². The van der Waals surface area contributed by atoms with E-state index in [1.807, 2.05) is 0 Å². The van der Waals surface area contributed by atoms with Crippen molar-refractivity contribution in [1.82, 2.24) is 9.62 Å². The van der Waals surface area contributed by atoms with Gasteiger partial charge in [0.1, 0.15) is 6.04 Å². The van der Waals surface area contributed by atoms with Crippen LogP contribution in [0.1, 0.15) is 31.1 Å². The second-order valence-corrected chi connectivity index (χ2v) is 9.16. The monoisotopic (exact) mass is 441 g/mol. The molecule has 1 aromatic rings. The number of nitrogens with two attached hydrogens (primary N) is 1. The zero-order valence-electron chi connectivity index (χ0n) is 17.2. The fourth-order valence-corrected chi connectivity index (χ4v) is 4.22. The number of esters is 1. The molecule has 166 valence electrons. The first kappa shape index (κ1) is 23.8. The van der Waals surface area contributed by atoms with Gasteiger partial charge < -0.3 is 20.5 Å². The van der Waals surface area contributed by atoms with E-state index in [1.165, 1.54) is 35.5 Å². The first-order valence-corrected chi connectivity index (χ1v) is 11.0. The van der Waals surface area contributed by atoms with E-state index in [1.54, 1.807) is 13.8 Å². The number of nitrogens with zero attached hydrogens (tertiary/aromatic N) is 1. The second kappa shape index (κ2) is 10.0. The van der Waals surface area contributed by atoms with Crippen LogP contribution in [0.25, 0.3) is 0 Å². The molecule has 0 aromatic heterocycles. The maximum absolute atomic E-state index is 12.8. The van der Waals surface area contributed by atoms with Crippen molar-refractivity contribution in [1.29, 1.82) is 0 Å². The van der Waals surface area contributed by atoms with Crippen LogP contribution in [0, 0.1) is 5.92 Å². The number of nitrogens with one attached hydrogen (secondary N) is 1. The molecule has 3 N–H and O–H groups in total. The summed E-state index contributed by atoms with van der Waals surface area (Å²) in [5.41, 5.74) is 5.17. The van der Waals surface area contributed by atoms with Gasteiger partial charge in [0.05, 0.1) is 18.1 Å². The van der Waals surface area contributed by atoms with E-state index < -0.39 is 40.0 Å². The van der Waals surface area contributed by atoms with Gasteiger partial charge in [0, 0.05) is 18.7 Å². The van der Waals surface area contributed by atoms with Crippen molar-refractivity contribution in [2.24, 2.45) is 11.7 Å². The number of amides is 2. The quantitative estimate of drug-likeness (QED) is 0.535. The van der Waals surface area contributed by atoms with Crippen LogP contribution in [-0.2, 0) is 29.1 Å². The molecule has 0 bridgehead atoms. The maximum Gasteiger partial charge on any atom is 0.329 e. The van der Waals surface area contributed by atoms with Crippen LogP contribution in [0.4, 0.5) is 0 Å². The molecule has 1 aromatic carbocycles. The van der Waals surface area contributed by atoms with Crippen LogP contribution in [0.2, 0.25) is 0 Å². The summed E-state index contributed by atoms with van der Waals surface area (Å²) in [6, 6.07) is 4.53. The summed E-state index contributed by atoms with van der Waals surface area (Å²) in [7, 11) is -3.77. The number of carbonyl (C=O) groups excluding carboxylic acids is 3. The molecule has 0 spiro atoms. The summed E-state index contributed by atoms with van der Waals surface area (Å²) in [4.78, 5) is 36.1. The molecule has 0 saturated carbocycles. The van der Waals surface area contributed by atoms with Crippen molar-refractivity contribution in [3.8, 4) is 0 Å². The van der Waals surface area contributed by atoms with Gasteiger partial charge in [-0.2, -0.15) is 4.31 Å². The average molecular weight is 442 g/mol. The molecule has 0 radical (unpaired) electrons. The van der Waals surface area contributed by atoms with Crippen LogP contribution >= 0.6 is 0 Å². The Balaban J connectivity index is 2.18. The van der Waals surface area contributed by atoms with Gasteiger partial charge in [-0.25, -0.2) is 13.2 Å². The Hall–Kier alpha value is -2.50. The van der Waals surface area contributed by atoms with Crippen LogP contribution in [0.5, 0.6) is 0 Å². The average Bonchev–Trinajstić information content (AvgIpc) is 2.72. The Morgan fingerprint density at radius 2 is 1.80 bits per heavy atom. The molecule has 2 rings (SSSR count). The lowest BCUT2D eigenvalue weighted by molar-refractivity contribution is -0.156. The van der Waals surface area contributed by atoms with E-state index in [4.69, 9.17) is 15.2 Å². The Morgan fingerprint density at radius 3 is 2.37 bits per heavy atom. The number of morpholine rings is 1. The molecule has 2 amide bonds. The molecule has 1 aliphatic rings. The smallest absolute Gasteiger partial charge is 0.329 e. The highest BCUT2D eigenvalue weighted by atomic mass is 32.2.